The molecule has 0 aliphatic heterocycles. The van der Waals surface area contributed by atoms with E-state index in [2.05, 4.69) is 0 Å². The smallest absolute Gasteiger partial charge is 0.132 e. The maximum atomic E-state index is 13.9. The van der Waals surface area contributed by atoms with Crippen molar-refractivity contribution in [1.29, 1.82) is 0 Å². The lowest BCUT2D eigenvalue weighted by atomic mass is 9.87. The molecule has 0 aromatic heterocycles. The molecule has 0 saturated heterocycles. The lowest BCUT2D eigenvalue weighted by Crippen LogP contribution is -2.28. The third-order valence-corrected chi connectivity index (χ3v) is 3.70. The lowest BCUT2D eigenvalue weighted by Gasteiger charge is -2.25. The number of hydrogen-bond acceptors (Lipinski definition) is 2. The summed E-state index contributed by atoms with van der Waals surface area (Å²) in [5.74, 6) is -1.52. The summed E-state index contributed by atoms with van der Waals surface area (Å²) < 4.78 is 27.9. The van der Waals surface area contributed by atoms with Gasteiger partial charge in [-0.1, -0.05) is 30.3 Å². The number of rotatable bonds is 1. The molecule has 2 atom stereocenters. The Hall–Kier alpha value is -1.78. The molecule has 2 nitrogen and oxygen atoms in total. The van der Waals surface area contributed by atoms with Crippen molar-refractivity contribution in [2.45, 2.75) is 18.1 Å². The van der Waals surface area contributed by atoms with Gasteiger partial charge in [-0.3, -0.25) is 0 Å². The van der Waals surface area contributed by atoms with E-state index < -0.39 is 23.3 Å². The van der Waals surface area contributed by atoms with E-state index in [1.54, 1.807) is 24.3 Å². The normalized spacial score (nSPS) is 25.4. The standard InChI is InChI=1S/C15H13F2NO/c16-11-6-3-7-12(17)14(11)15(19)8-13(18)9-4-1-2-5-10(9)15/h1-7,13,19H,8,18H2. The zero-order valence-corrected chi connectivity index (χ0v) is 10.1. The van der Waals surface area contributed by atoms with Gasteiger partial charge >= 0.3 is 0 Å². The van der Waals surface area contributed by atoms with E-state index >= 15 is 0 Å². The molecule has 19 heavy (non-hydrogen) atoms. The first kappa shape index (κ1) is 12.3. The topological polar surface area (TPSA) is 46.2 Å². The number of benzene rings is 2. The van der Waals surface area contributed by atoms with Crippen LogP contribution in [-0.2, 0) is 5.60 Å². The highest BCUT2D eigenvalue weighted by Crippen LogP contribution is 2.47. The summed E-state index contributed by atoms with van der Waals surface area (Å²) in [5.41, 5.74) is 5.14. The van der Waals surface area contributed by atoms with Crippen LogP contribution in [0.3, 0.4) is 0 Å². The number of aliphatic hydroxyl groups is 1. The Morgan fingerprint density at radius 3 is 2.37 bits per heavy atom. The van der Waals surface area contributed by atoms with E-state index in [0.29, 0.717) is 5.56 Å². The molecule has 2 aromatic carbocycles. The fourth-order valence-electron chi connectivity index (χ4n) is 2.86. The van der Waals surface area contributed by atoms with Gasteiger partial charge < -0.3 is 10.8 Å². The van der Waals surface area contributed by atoms with Crippen LogP contribution in [0.15, 0.2) is 42.5 Å². The Balaban J connectivity index is 2.26. The van der Waals surface area contributed by atoms with Crippen molar-refractivity contribution in [2.75, 3.05) is 0 Å². The molecule has 0 bridgehead atoms. The van der Waals surface area contributed by atoms with E-state index in [-0.39, 0.29) is 12.0 Å². The summed E-state index contributed by atoms with van der Waals surface area (Å²) in [6, 6.07) is 10.1. The van der Waals surface area contributed by atoms with Crippen LogP contribution in [0.4, 0.5) is 8.78 Å². The summed E-state index contributed by atoms with van der Waals surface area (Å²) in [7, 11) is 0. The second-order valence-corrected chi connectivity index (χ2v) is 4.85. The summed E-state index contributed by atoms with van der Waals surface area (Å²) in [6.07, 6.45) is 0.0736. The molecule has 0 heterocycles. The molecule has 0 fully saturated rings. The number of hydrogen-bond donors (Lipinski definition) is 2. The van der Waals surface area contributed by atoms with Crippen LogP contribution >= 0.6 is 0 Å². The third kappa shape index (κ3) is 1.68. The predicted molar refractivity (Wildman–Crippen MR) is 67.3 cm³/mol. The average Bonchev–Trinajstić information content (AvgIpc) is 2.63. The molecule has 0 amide bonds. The van der Waals surface area contributed by atoms with Gasteiger partial charge in [0.15, 0.2) is 0 Å². The summed E-state index contributed by atoms with van der Waals surface area (Å²) >= 11 is 0. The van der Waals surface area contributed by atoms with Crippen molar-refractivity contribution in [3.8, 4) is 0 Å². The number of halogens is 2. The van der Waals surface area contributed by atoms with Gasteiger partial charge in [0, 0.05) is 12.5 Å². The molecular weight excluding hydrogens is 248 g/mol. The Labute approximate surface area is 109 Å². The van der Waals surface area contributed by atoms with E-state index in [9.17, 15) is 13.9 Å². The van der Waals surface area contributed by atoms with Gasteiger partial charge in [-0.15, -0.1) is 0 Å². The van der Waals surface area contributed by atoms with Crippen LogP contribution in [0.2, 0.25) is 0 Å². The average molecular weight is 261 g/mol. The summed E-state index contributed by atoms with van der Waals surface area (Å²) in [6.45, 7) is 0. The van der Waals surface area contributed by atoms with Gasteiger partial charge in [0.1, 0.15) is 17.2 Å². The van der Waals surface area contributed by atoms with E-state index in [1.807, 2.05) is 0 Å². The van der Waals surface area contributed by atoms with Gasteiger partial charge in [0.2, 0.25) is 0 Å². The summed E-state index contributed by atoms with van der Waals surface area (Å²) in [4.78, 5) is 0. The maximum absolute atomic E-state index is 13.9. The SMILES string of the molecule is NC1CC(O)(c2c(F)cccc2F)c2ccccc21. The second-order valence-electron chi connectivity index (χ2n) is 4.85. The molecule has 0 spiro atoms. The first-order valence-electron chi connectivity index (χ1n) is 6.06. The highest BCUT2D eigenvalue weighted by molar-refractivity contribution is 5.47. The largest absolute Gasteiger partial charge is 0.380 e. The van der Waals surface area contributed by atoms with E-state index in [4.69, 9.17) is 5.73 Å². The summed E-state index contributed by atoms with van der Waals surface area (Å²) in [5, 5.41) is 10.8. The van der Waals surface area contributed by atoms with Crippen molar-refractivity contribution in [3.63, 3.8) is 0 Å². The molecule has 0 radical (unpaired) electrons. The monoisotopic (exact) mass is 261 g/mol. The minimum Gasteiger partial charge on any atom is -0.380 e. The van der Waals surface area contributed by atoms with Crippen molar-refractivity contribution in [3.05, 3.63) is 70.8 Å². The van der Waals surface area contributed by atoms with E-state index in [1.165, 1.54) is 6.07 Å². The van der Waals surface area contributed by atoms with Crippen molar-refractivity contribution < 1.29 is 13.9 Å². The molecule has 4 heteroatoms. The highest BCUT2D eigenvalue weighted by atomic mass is 19.1. The van der Waals surface area contributed by atoms with Gasteiger partial charge in [0.05, 0.1) is 5.56 Å². The van der Waals surface area contributed by atoms with Crippen LogP contribution in [0.1, 0.15) is 29.2 Å². The van der Waals surface area contributed by atoms with Crippen LogP contribution < -0.4 is 5.73 Å². The van der Waals surface area contributed by atoms with Crippen LogP contribution in [0.5, 0.6) is 0 Å². The van der Waals surface area contributed by atoms with E-state index in [0.717, 1.165) is 17.7 Å². The third-order valence-electron chi connectivity index (χ3n) is 3.70. The zero-order valence-electron chi connectivity index (χ0n) is 10.1. The molecule has 3 N–H and O–H groups in total. The van der Waals surface area contributed by atoms with Gasteiger partial charge in [0.25, 0.3) is 0 Å². The Kier molecular flexibility index (Phi) is 2.66. The number of fused-ring (bicyclic) bond motifs is 1. The lowest BCUT2D eigenvalue weighted by molar-refractivity contribution is 0.0695. The fraction of sp³-hybridized carbons (Fsp3) is 0.200. The van der Waals surface area contributed by atoms with Crippen LogP contribution in [0, 0.1) is 11.6 Å². The molecule has 2 unspecified atom stereocenters. The fourth-order valence-corrected chi connectivity index (χ4v) is 2.86. The molecule has 3 rings (SSSR count). The van der Waals surface area contributed by atoms with Crippen molar-refractivity contribution in [1.82, 2.24) is 0 Å². The minimum atomic E-state index is -1.70. The van der Waals surface area contributed by atoms with Crippen molar-refractivity contribution in [2.24, 2.45) is 5.73 Å². The van der Waals surface area contributed by atoms with Gasteiger partial charge in [-0.25, -0.2) is 8.78 Å². The predicted octanol–water partition coefficient (Wildman–Crippen LogP) is 2.60. The Morgan fingerprint density at radius 2 is 1.68 bits per heavy atom. The van der Waals surface area contributed by atoms with Crippen LogP contribution in [-0.4, -0.2) is 5.11 Å². The Bertz CT molecular complexity index is 624. The molecule has 0 saturated carbocycles. The van der Waals surface area contributed by atoms with Crippen molar-refractivity contribution >= 4 is 0 Å². The first-order chi connectivity index (χ1) is 9.04. The molecule has 98 valence electrons. The zero-order chi connectivity index (χ0) is 13.6. The molecular formula is C15H13F2NO. The molecule has 1 aliphatic rings. The highest BCUT2D eigenvalue weighted by Gasteiger charge is 2.45. The van der Waals surface area contributed by atoms with Gasteiger partial charge in [-0.2, -0.15) is 0 Å². The van der Waals surface area contributed by atoms with Gasteiger partial charge in [-0.05, 0) is 23.3 Å². The van der Waals surface area contributed by atoms with Crippen LogP contribution in [0.25, 0.3) is 0 Å². The second kappa shape index (κ2) is 4.11. The Morgan fingerprint density at radius 1 is 1.05 bits per heavy atom. The first-order valence-corrected chi connectivity index (χ1v) is 6.06. The molecule has 1 aliphatic carbocycles. The maximum Gasteiger partial charge on any atom is 0.132 e. The quantitative estimate of drug-likeness (QED) is 0.829. The minimum absolute atomic E-state index is 0.0736. The molecule has 2 aromatic rings. The number of nitrogens with two attached hydrogens (primary N) is 1.